The molecule has 1 atom stereocenters. The van der Waals surface area contributed by atoms with Crippen LogP contribution in [0.4, 0.5) is 0 Å². The summed E-state index contributed by atoms with van der Waals surface area (Å²) in [7, 11) is 0. The van der Waals surface area contributed by atoms with Crippen LogP contribution < -0.4 is 0 Å². The lowest BCUT2D eigenvalue weighted by Gasteiger charge is -2.03. The molecule has 3 N–H and O–H groups in total. The maximum absolute atomic E-state index is 9.93. The monoisotopic (exact) mass is 147 g/mol. The normalized spacial score (nSPS) is 14.8. The molecular weight excluding hydrogens is 138 g/mol. The van der Waals surface area contributed by atoms with Crippen molar-refractivity contribution in [2.45, 2.75) is 19.4 Å². The Labute approximate surface area is 57.6 Å². The van der Waals surface area contributed by atoms with Gasteiger partial charge in [0.05, 0.1) is 12.1 Å². The van der Waals surface area contributed by atoms with E-state index in [-0.39, 0.29) is 5.71 Å². The van der Waals surface area contributed by atoms with E-state index in [1.807, 2.05) is 0 Å². The number of aliphatic hydroxyl groups excluding tert-OH is 1. The minimum absolute atomic E-state index is 0.00222. The van der Waals surface area contributed by atoms with Gasteiger partial charge in [-0.05, 0) is 6.92 Å². The number of oxime groups is 1. The minimum atomic E-state index is -1.19. The van der Waals surface area contributed by atoms with Gasteiger partial charge in [-0.25, -0.2) is 0 Å². The van der Waals surface area contributed by atoms with Gasteiger partial charge in [0.1, 0.15) is 6.10 Å². The van der Waals surface area contributed by atoms with Crippen molar-refractivity contribution in [1.29, 1.82) is 0 Å². The van der Waals surface area contributed by atoms with Crippen LogP contribution in [0.2, 0.25) is 0 Å². The highest BCUT2D eigenvalue weighted by Crippen LogP contribution is 1.93. The molecule has 0 bridgehead atoms. The first-order valence-electron chi connectivity index (χ1n) is 2.66. The van der Waals surface area contributed by atoms with Crippen LogP contribution in [0.25, 0.3) is 0 Å². The molecule has 0 aromatic carbocycles. The van der Waals surface area contributed by atoms with Crippen LogP contribution in [0.3, 0.4) is 0 Å². The van der Waals surface area contributed by atoms with Gasteiger partial charge in [0.2, 0.25) is 0 Å². The summed E-state index contributed by atoms with van der Waals surface area (Å²) < 4.78 is 0. The Morgan fingerprint density at radius 2 is 2.20 bits per heavy atom. The Morgan fingerprint density at radius 1 is 1.70 bits per heavy atom. The molecule has 0 fully saturated rings. The first kappa shape index (κ1) is 8.90. The van der Waals surface area contributed by atoms with Gasteiger partial charge >= 0.3 is 5.97 Å². The van der Waals surface area contributed by atoms with E-state index in [1.165, 1.54) is 6.92 Å². The Kier molecular flexibility index (Phi) is 3.42. The average Bonchev–Trinajstić information content (AvgIpc) is 1.85. The molecule has 5 heteroatoms. The molecule has 0 rings (SSSR count). The van der Waals surface area contributed by atoms with Crippen LogP contribution in [0, 0.1) is 0 Å². The molecule has 5 nitrogen and oxygen atoms in total. The molecule has 0 spiro atoms. The van der Waals surface area contributed by atoms with E-state index in [4.69, 9.17) is 15.4 Å². The summed E-state index contributed by atoms with van der Waals surface area (Å²) in [5.41, 5.74) is 0.00222. The lowest BCUT2D eigenvalue weighted by Crippen LogP contribution is -2.21. The molecule has 0 heterocycles. The highest BCUT2D eigenvalue weighted by atomic mass is 16.4. The Balaban J connectivity index is 3.85. The number of rotatable bonds is 3. The zero-order valence-electron chi connectivity index (χ0n) is 5.48. The van der Waals surface area contributed by atoms with Gasteiger partial charge in [-0.2, -0.15) is 0 Å². The highest BCUT2D eigenvalue weighted by Gasteiger charge is 2.12. The van der Waals surface area contributed by atoms with Crippen molar-refractivity contribution in [3.63, 3.8) is 0 Å². The van der Waals surface area contributed by atoms with Crippen molar-refractivity contribution in [2.75, 3.05) is 0 Å². The largest absolute Gasteiger partial charge is 0.481 e. The quantitative estimate of drug-likeness (QED) is 0.289. The van der Waals surface area contributed by atoms with Crippen LogP contribution in [0.1, 0.15) is 13.3 Å². The number of aliphatic hydroxyl groups is 1. The highest BCUT2D eigenvalue weighted by molar-refractivity contribution is 5.88. The molecule has 10 heavy (non-hydrogen) atoms. The van der Waals surface area contributed by atoms with Crippen molar-refractivity contribution in [3.8, 4) is 0 Å². The van der Waals surface area contributed by atoms with Gasteiger partial charge in [-0.15, -0.1) is 0 Å². The summed E-state index contributed by atoms with van der Waals surface area (Å²) in [6.45, 7) is 1.34. The third kappa shape index (κ3) is 3.03. The molecule has 0 radical (unpaired) electrons. The van der Waals surface area contributed by atoms with Crippen molar-refractivity contribution in [3.05, 3.63) is 0 Å². The predicted molar refractivity (Wildman–Crippen MR) is 33.2 cm³/mol. The zero-order chi connectivity index (χ0) is 8.15. The number of nitrogens with zero attached hydrogens (tertiary/aromatic N) is 1. The third-order valence-electron chi connectivity index (χ3n) is 1.01. The summed E-state index contributed by atoms with van der Waals surface area (Å²) in [5, 5.41) is 27.6. The fourth-order valence-corrected chi connectivity index (χ4v) is 0.380. The maximum atomic E-state index is 9.93. The second-order valence-electron chi connectivity index (χ2n) is 1.86. The first-order chi connectivity index (χ1) is 4.57. The predicted octanol–water partition coefficient (Wildman–Crippen LogP) is -0.328. The van der Waals surface area contributed by atoms with Crippen molar-refractivity contribution in [2.24, 2.45) is 5.16 Å². The van der Waals surface area contributed by atoms with E-state index >= 15 is 0 Å². The van der Waals surface area contributed by atoms with Crippen molar-refractivity contribution in [1.82, 2.24) is 0 Å². The standard InChI is InChI=1S/C5H9NO4/c1-3(6-10)4(7)2-5(8)9/h4,7,10H,2H2,1H3,(H,8,9)/b6-3+. The third-order valence-corrected chi connectivity index (χ3v) is 1.01. The van der Waals surface area contributed by atoms with E-state index in [2.05, 4.69) is 5.16 Å². The number of hydrogen-bond acceptors (Lipinski definition) is 4. The van der Waals surface area contributed by atoms with Crippen LogP contribution in [0.15, 0.2) is 5.16 Å². The van der Waals surface area contributed by atoms with E-state index in [1.54, 1.807) is 0 Å². The summed E-state index contributed by atoms with van der Waals surface area (Å²) in [4.78, 5) is 9.93. The number of carboxylic acid groups (broad SMARTS) is 1. The molecular formula is C5H9NO4. The molecule has 0 aliphatic rings. The van der Waals surface area contributed by atoms with E-state index in [9.17, 15) is 4.79 Å². The molecule has 0 saturated heterocycles. The number of carboxylic acids is 1. The summed E-state index contributed by atoms with van der Waals surface area (Å²) in [5.74, 6) is -1.13. The SMILES string of the molecule is C/C(=N\O)C(O)CC(=O)O. The molecule has 0 saturated carbocycles. The molecule has 0 amide bonds. The van der Waals surface area contributed by atoms with Gasteiger partial charge < -0.3 is 15.4 Å². The topological polar surface area (TPSA) is 90.1 Å². The molecule has 0 aromatic heterocycles. The fourth-order valence-electron chi connectivity index (χ4n) is 0.380. The van der Waals surface area contributed by atoms with Crippen LogP contribution in [0.5, 0.6) is 0 Å². The van der Waals surface area contributed by atoms with Gasteiger partial charge in [-0.3, -0.25) is 4.79 Å². The zero-order valence-corrected chi connectivity index (χ0v) is 5.48. The lowest BCUT2D eigenvalue weighted by atomic mass is 10.2. The van der Waals surface area contributed by atoms with Gasteiger partial charge in [0.25, 0.3) is 0 Å². The second kappa shape index (κ2) is 3.84. The lowest BCUT2D eigenvalue weighted by molar-refractivity contribution is -0.138. The van der Waals surface area contributed by atoms with Crippen molar-refractivity contribution < 1.29 is 20.2 Å². The van der Waals surface area contributed by atoms with E-state index < -0.39 is 18.5 Å². The van der Waals surface area contributed by atoms with Gasteiger partial charge in [-0.1, -0.05) is 5.16 Å². The van der Waals surface area contributed by atoms with E-state index in [0.717, 1.165) is 0 Å². The summed E-state index contributed by atoms with van der Waals surface area (Å²) in [6.07, 6.45) is -1.63. The molecule has 0 aliphatic heterocycles. The Morgan fingerprint density at radius 3 is 2.50 bits per heavy atom. The second-order valence-corrected chi connectivity index (χ2v) is 1.86. The fraction of sp³-hybridized carbons (Fsp3) is 0.600. The number of hydrogen-bond donors (Lipinski definition) is 3. The molecule has 58 valence electrons. The summed E-state index contributed by atoms with van der Waals surface area (Å²) in [6, 6.07) is 0. The van der Waals surface area contributed by atoms with Gasteiger partial charge in [0, 0.05) is 0 Å². The van der Waals surface area contributed by atoms with Crippen LogP contribution in [-0.2, 0) is 4.79 Å². The van der Waals surface area contributed by atoms with Crippen molar-refractivity contribution >= 4 is 11.7 Å². The molecule has 0 aliphatic carbocycles. The number of aliphatic carboxylic acids is 1. The molecule has 0 aromatic rings. The van der Waals surface area contributed by atoms with Crippen LogP contribution >= 0.6 is 0 Å². The maximum Gasteiger partial charge on any atom is 0.306 e. The molecule has 1 unspecified atom stereocenters. The van der Waals surface area contributed by atoms with Gasteiger partial charge in [0.15, 0.2) is 0 Å². The van der Waals surface area contributed by atoms with E-state index in [0.29, 0.717) is 0 Å². The first-order valence-corrected chi connectivity index (χ1v) is 2.66. The number of carbonyl (C=O) groups is 1. The summed E-state index contributed by atoms with van der Waals surface area (Å²) >= 11 is 0. The average molecular weight is 147 g/mol. The smallest absolute Gasteiger partial charge is 0.306 e. The Hall–Kier alpha value is -1.10. The van der Waals surface area contributed by atoms with Crippen LogP contribution in [-0.4, -0.2) is 33.2 Å². The minimum Gasteiger partial charge on any atom is -0.481 e. The Bertz CT molecular complexity index is 154.